The summed E-state index contributed by atoms with van der Waals surface area (Å²) in [7, 11) is 0. The van der Waals surface area contributed by atoms with Crippen LogP contribution in [0.25, 0.3) is 5.65 Å². The van der Waals surface area contributed by atoms with Crippen molar-refractivity contribution in [3.05, 3.63) is 57.6 Å². The standard InChI is InChI=1S/C15H14BrFN4/c1-9-7-13(18-8-11-3-5-12(17)6-4-11)21-15(19-9)14(16)10(2)20-21/h3-7,18H,8H2,1-2H3. The molecule has 0 spiro atoms. The normalized spacial score (nSPS) is 11.0. The maximum absolute atomic E-state index is 12.9. The molecule has 4 nitrogen and oxygen atoms in total. The van der Waals surface area contributed by atoms with Crippen molar-refractivity contribution < 1.29 is 4.39 Å². The van der Waals surface area contributed by atoms with E-state index >= 15 is 0 Å². The molecule has 0 atom stereocenters. The first-order valence-electron chi connectivity index (χ1n) is 6.55. The molecule has 1 aromatic carbocycles. The van der Waals surface area contributed by atoms with E-state index in [1.165, 1.54) is 12.1 Å². The zero-order valence-corrected chi connectivity index (χ0v) is 13.3. The fourth-order valence-electron chi connectivity index (χ4n) is 2.14. The van der Waals surface area contributed by atoms with Crippen LogP contribution in [0.2, 0.25) is 0 Å². The summed E-state index contributed by atoms with van der Waals surface area (Å²) in [6.45, 7) is 4.46. The zero-order valence-electron chi connectivity index (χ0n) is 11.7. The third-order valence-corrected chi connectivity index (χ3v) is 4.14. The summed E-state index contributed by atoms with van der Waals surface area (Å²) in [5.74, 6) is 0.628. The number of benzene rings is 1. The molecule has 108 valence electrons. The second kappa shape index (κ2) is 5.44. The molecule has 3 aromatic rings. The average Bonchev–Trinajstić information content (AvgIpc) is 2.74. The molecule has 0 aliphatic heterocycles. The van der Waals surface area contributed by atoms with Gasteiger partial charge in [-0.2, -0.15) is 9.61 Å². The number of halogens is 2. The molecule has 0 saturated heterocycles. The number of hydrogen-bond acceptors (Lipinski definition) is 3. The van der Waals surface area contributed by atoms with Gasteiger partial charge >= 0.3 is 0 Å². The quantitative estimate of drug-likeness (QED) is 0.781. The Kier molecular flexibility index (Phi) is 3.63. The second-order valence-electron chi connectivity index (χ2n) is 4.90. The maximum atomic E-state index is 12.9. The van der Waals surface area contributed by atoms with E-state index in [1.54, 1.807) is 16.6 Å². The average molecular weight is 349 g/mol. The molecule has 0 aliphatic carbocycles. The van der Waals surface area contributed by atoms with Gasteiger partial charge in [0.25, 0.3) is 0 Å². The van der Waals surface area contributed by atoms with Crippen LogP contribution >= 0.6 is 15.9 Å². The van der Waals surface area contributed by atoms with Gasteiger partial charge in [-0.1, -0.05) is 12.1 Å². The molecule has 0 fully saturated rings. The molecule has 6 heteroatoms. The molecule has 0 unspecified atom stereocenters. The van der Waals surface area contributed by atoms with Crippen molar-refractivity contribution in [2.45, 2.75) is 20.4 Å². The van der Waals surface area contributed by atoms with Gasteiger partial charge in [0.2, 0.25) is 0 Å². The van der Waals surface area contributed by atoms with E-state index in [0.29, 0.717) is 6.54 Å². The summed E-state index contributed by atoms with van der Waals surface area (Å²) in [6, 6.07) is 8.38. The van der Waals surface area contributed by atoms with Gasteiger partial charge in [0.15, 0.2) is 5.65 Å². The topological polar surface area (TPSA) is 42.2 Å². The molecule has 0 amide bonds. The van der Waals surface area contributed by atoms with Crippen molar-refractivity contribution in [2.24, 2.45) is 0 Å². The molecule has 0 aliphatic rings. The van der Waals surface area contributed by atoms with Crippen molar-refractivity contribution in [3.63, 3.8) is 0 Å². The Hall–Kier alpha value is -1.95. The van der Waals surface area contributed by atoms with E-state index in [2.05, 4.69) is 31.3 Å². The van der Waals surface area contributed by atoms with Crippen LogP contribution in [-0.2, 0) is 6.54 Å². The number of nitrogens with zero attached hydrogens (tertiary/aromatic N) is 3. The van der Waals surface area contributed by atoms with E-state index in [4.69, 9.17) is 0 Å². The third kappa shape index (κ3) is 2.76. The van der Waals surface area contributed by atoms with E-state index in [-0.39, 0.29) is 5.82 Å². The lowest BCUT2D eigenvalue weighted by molar-refractivity contribution is 0.627. The molecule has 0 radical (unpaired) electrons. The highest BCUT2D eigenvalue weighted by atomic mass is 79.9. The molecule has 2 heterocycles. The Morgan fingerprint density at radius 2 is 1.95 bits per heavy atom. The monoisotopic (exact) mass is 348 g/mol. The lowest BCUT2D eigenvalue weighted by Crippen LogP contribution is -2.06. The summed E-state index contributed by atoms with van der Waals surface area (Å²) < 4.78 is 15.6. The largest absolute Gasteiger partial charge is 0.366 e. The highest BCUT2D eigenvalue weighted by Gasteiger charge is 2.11. The summed E-state index contributed by atoms with van der Waals surface area (Å²) >= 11 is 3.51. The molecular weight excluding hydrogens is 335 g/mol. The first kappa shape index (κ1) is 14.0. The fourth-order valence-corrected chi connectivity index (χ4v) is 2.48. The minimum Gasteiger partial charge on any atom is -0.366 e. The zero-order chi connectivity index (χ0) is 15.0. The Bertz CT molecular complexity index is 796. The van der Waals surface area contributed by atoms with Crippen LogP contribution in [0.4, 0.5) is 10.2 Å². The first-order valence-corrected chi connectivity index (χ1v) is 7.34. The smallest absolute Gasteiger partial charge is 0.172 e. The highest BCUT2D eigenvalue weighted by Crippen LogP contribution is 2.24. The molecule has 1 N–H and O–H groups in total. The van der Waals surface area contributed by atoms with Crippen LogP contribution in [0.15, 0.2) is 34.8 Å². The van der Waals surface area contributed by atoms with Crippen molar-refractivity contribution in [1.82, 2.24) is 14.6 Å². The molecule has 0 bridgehead atoms. The highest BCUT2D eigenvalue weighted by molar-refractivity contribution is 9.10. The summed E-state index contributed by atoms with van der Waals surface area (Å²) in [6.07, 6.45) is 0. The Morgan fingerprint density at radius 3 is 2.67 bits per heavy atom. The number of aryl methyl sites for hydroxylation is 2. The van der Waals surface area contributed by atoms with Gasteiger partial charge in [-0.25, -0.2) is 9.37 Å². The van der Waals surface area contributed by atoms with Crippen molar-refractivity contribution in [2.75, 3.05) is 5.32 Å². The molecule has 2 aromatic heterocycles. The van der Waals surface area contributed by atoms with Crippen molar-refractivity contribution in [3.8, 4) is 0 Å². The molecule has 0 saturated carbocycles. The summed E-state index contributed by atoms with van der Waals surface area (Å²) in [5.41, 5.74) is 3.58. The Morgan fingerprint density at radius 1 is 1.24 bits per heavy atom. The van der Waals surface area contributed by atoms with Gasteiger partial charge in [0.1, 0.15) is 11.6 Å². The van der Waals surface area contributed by atoms with Gasteiger partial charge in [0, 0.05) is 18.3 Å². The Labute approximate surface area is 130 Å². The van der Waals surface area contributed by atoms with Crippen molar-refractivity contribution >= 4 is 27.4 Å². The molecule has 21 heavy (non-hydrogen) atoms. The first-order chi connectivity index (χ1) is 10.0. The number of hydrogen-bond donors (Lipinski definition) is 1. The predicted octanol–water partition coefficient (Wildman–Crippen LogP) is 3.86. The molecular formula is C15H14BrFN4. The van der Waals surface area contributed by atoms with Crippen LogP contribution in [0, 0.1) is 19.7 Å². The summed E-state index contributed by atoms with van der Waals surface area (Å²) in [4.78, 5) is 4.49. The lowest BCUT2D eigenvalue weighted by Gasteiger charge is -2.09. The SMILES string of the molecule is Cc1cc(NCc2ccc(F)cc2)n2nc(C)c(Br)c2n1. The maximum Gasteiger partial charge on any atom is 0.172 e. The predicted molar refractivity (Wildman–Crippen MR) is 83.9 cm³/mol. The third-order valence-electron chi connectivity index (χ3n) is 3.21. The van der Waals surface area contributed by atoms with E-state index in [9.17, 15) is 4.39 Å². The number of nitrogens with one attached hydrogen (secondary N) is 1. The minimum absolute atomic E-state index is 0.229. The summed E-state index contributed by atoms with van der Waals surface area (Å²) in [5, 5.41) is 7.79. The van der Waals surface area contributed by atoms with Gasteiger partial charge in [0.05, 0.1) is 10.2 Å². The van der Waals surface area contributed by atoms with Gasteiger partial charge in [-0.05, 0) is 47.5 Å². The van der Waals surface area contributed by atoms with Gasteiger partial charge < -0.3 is 5.32 Å². The second-order valence-corrected chi connectivity index (χ2v) is 5.69. The van der Waals surface area contributed by atoms with Crippen LogP contribution < -0.4 is 5.32 Å². The van der Waals surface area contributed by atoms with E-state index in [1.807, 2.05) is 19.9 Å². The van der Waals surface area contributed by atoms with E-state index in [0.717, 1.165) is 32.9 Å². The minimum atomic E-state index is -0.229. The van der Waals surface area contributed by atoms with Gasteiger partial charge in [-0.15, -0.1) is 0 Å². The van der Waals surface area contributed by atoms with Crippen molar-refractivity contribution in [1.29, 1.82) is 0 Å². The van der Waals surface area contributed by atoms with Crippen LogP contribution in [0.1, 0.15) is 17.0 Å². The van der Waals surface area contributed by atoms with Gasteiger partial charge in [-0.3, -0.25) is 0 Å². The number of anilines is 1. The van der Waals surface area contributed by atoms with Crippen LogP contribution in [0.5, 0.6) is 0 Å². The number of rotatable bonds is 3. The number of fused-ring (bicyclic) bond motifs is 1. The van der Waals surface area contributed by atoms with E-state index < -0.39 is 0 Å². The number of aromatic nitrogens is 3. The lowest BCUT2D eigenvalue weighted by atomic mass is 10.2. The van der Waals surface area contributed by atoms with Crippen LogP contribution in [0.3, 0.4) is 0 Å². The van der Waals surface area contributed by atoms with Crippen LogP contribution in [-0.4, -0.2) is 14.6 Å². The Balaban J connectivity index is 1.93. The molecule has 3 rings (SSSR count). The fraction of sp³-hybridized carbons (Fsp3) is 0.200.